The second-order valence-corrected chi connectivity index (χ2v) is 1.20. The van der Waals surface area contributed by atoms with Crippen LogP contribution < -0.4 is 0 Å². The van der Waals surface area contributed by atoms with Crippen molar-refractivity contribution in [1.29, 1.82) is 0 Å². The third-order valence-corrected chi connectivity index (χ3v) is 0.669. The second kappa shape index (κ2) is 4.99. The molecule has 0 bridgehead atoms. The van der Waals surface area contributed by atoms with Gasteiger partial charge in [0.05, 0.1) is 5.75 Å². The van der Waals surface area contributed by atoms with E-state index in [4.69, 9.17) is 5.11 Å². The molecule has 0 rings (SSSR count). The minimum absolute atomic E-state index is 0. The van der Waals surface area contributed by atoms with Gasteiger partial charge in [-0.3, -0.25) is 4.79 Å². The van der Waals surface area contributed by atoms with Gasteiger partial charge in [0.1, 0.15) is 0 Å². The van der Waals surface area contributed by atoms with Crippen molar-refractivity contribution >= 4 is 37.9 Å². The van der Waals surface area contributed by atoms with E-state index in [1.165, 1.54) is 0 Å². The zero-order valence-corrected chi connectivity index (χ0v) is 5.54. The Hall–Kier alpha value is -0.160. The third kappa shape index (κ3) is 4.01. The largest absolute Gasteiger partial charge is 0.475 e. The second-order valence-electron chi connectivity index (χ2n) is 0.886. The van der Waals surface area contributed by atoms with E-state index in [1.54, 1.807) is 0 Å². The van der Waals surface area contributed by atoms with Gasteiger partial charge in [0.2, 0.25) is 5.78 Å². The molecule has 0 atom stereocenters. The van der Waals surface area contributed by atoms with Crippen LogP contribution in [0.3, 0.4) is 0 Å². The first-order valence-corrected chi connectivity index (χ1v) is 2.18. The van der Waals surface area contributed by atoms with Gasteiger partial charge in [-0.2, -0.15) is 12.6 Å². The molecule has 46 valence electrons. The molecule has 0 fully saturated rings. The lowest BCUT2D eigenvalue weighted by atomic mass is 10.5. The SMILES string of the molecule is O=C(O)C(=O)CS.[S]. The van der Waals surface area contributed by atoms with Crippen LogP contribution in [0.15, 0.2) is 0 Å². The van der Waals surface area contributed by atoms with Crippen molar-refractivity contribution in [2.24, 2.45) is 0 Å². The summed E-state index contributed by atoms with van der Waals surface area (Å²) in [5, 5.41) is 7.78. The van der Waals surface area contributed by atoms with Gasteiger partial charge in [-0.15, -0.1) is 0 Å². The number of aliphatic carboxylic acids is 1. The van der Waals surface area contributed by atoms with E-state index in [2.05, 4.69) is 12.6 Å². The van der Waals surface area contributed by atoms with E-state index in [0.29, 0.717) is 0 Å². The summed E-state index contributed by atoms with van der Waals surface area (Å²) < 4.78 is 0. The molecule has 0 saturated carbocycles. The van der Waals surface area contributed by atoms with Gasteiger partial charge < -0.3 is 5.11 Å². The molecule has 0 aliphatic rings. The highest BCUT2D eigenvalue weighted by Gasteiger charge is 2.05. The van der Waals surface area contributed by atoms with Gasteiger partial charge in [0, 0.05) is 13.5 Å². The molecule has 2 radical (unpaired) electrons. The number of carbonyl (C=O) groups is 2. The molecule has 3 nitrogen and oxygen atoms in total. The quantitative estimate of drug-likeness (QED) is 0.439. The first-order chi connectivity index (χ1) is 3.18. The Morgan fingerprint density at radius 1 is 1.50 bits per heavy atom. The Morgan fingerprint density at radius 2 is 1.88 bits per heavy atom. The summed E-state index contributed by atoms with van der Waals surface area (Å²) in [5.74, 6) is -2.52. The molecule has 0 aliphatic carbocycles. The van der Waals surface area contributed by atoms with Crippen molar-refractivity contribution in [2.75, 3.05) is 5.75 Å². The molecular weight excluding hydrogens is 148 g/mol. The van der Waals surface area contributed by atoms with Crippen molar-refractivity contribution in [3.8, 4) is 0 Å². The molecule has 0 aliphatic heterocycles. The molecule has 1 N–H and O–H groups in total. The first kappa shape index (κ1) is 10.8. The lowest BCUT2D eigenvalue weighted by Gasteiger charge is -1.80. The van der Waals surface area contributed by atoms with Crippen molar-refractivity contribution in [3.05, 3.63) is 0 Å². The van der Waals surface area contributed by atoms with Crippen LogP contribution in [-0.2, 0) is 9.59 Å². The maximum atomic E-state index is 9.84. The molecule has 0 aromatic carbocycles. The van der Waals surface area contributed by atoms with Crippen molar-refractivity contribution in [1.82, 2.24) is 0 Å². The lowest BCUT2D eigenvalue weighted by molar-refractivity contribution is -0.147. The molecule has 0 aromatic rings. The molecule has 0 aromatic heterocycles. The van der Waals surface area contributed by atoms with Crippen LogP contribution in [0.1, 0.15) is 0 Å². The first-order valence-electron chi connectivity index (χ1n) is 1.55. The zero-order chi connectivity index (χ0) is 5.86. The van der Waals surface area contributed by atoms with Crippen LogP contribution in [0, 0.1) is 0 Å². The van der Waals surface area contributed by atoms with Gasteiger partial charge in [0.25, 0.3) is 0 Å². The Balaban J connectivity index is 0. The summed E-state index contributed by atoms with van der Waals surface area (Å²) in [6.45, 7) is 0. The van der Waals surface area contributed by atoms with Crippen LogP contribution in [0.4, 0.5) is 0 Å². The Bertz CT molecular complexity index is 101. The van der Waals surface area contributed by atoms with Crippen LogP contribution in [0.2, 0.25) is 0 Å². The van der Waals surface area contributed by atoms with Crippen molar-refractivity contribution in [3.63, 3.8) is 0 Å². The summed E-state index contributed by atoms with van der Waals surface area (Å²) in [5.41, 5.74) is 0. The number of carboxylic acids is 1. The highest BCUT2D eigenvalue weighted by atomic mass is 32.1. The Morgan fingerprint density at radius 3 is 1.88 bits per heavy atom. The van der Waals surface area contributed by atoms with E-state index in [-0.39, 0.29) is 19.2 Å². The number of thiol groups is 1. The lowest BCUT2D eigenvalue weighted by Crippen LogP contribution is -2.12. The molecule has 0 heterocycles. The van der Waals surface area contributed by atoms with Crippen LogP contribution in [-0.4, -0.2) is 22.6 Å². The van der Waals surface area contributed by atoms with E-state index >= 15 is 0 Å². The topological polar surface area (TPSA) is 54.4 Å². The molecular formula is C3H4O3S2. The maximum absolute atomic E-state index is 9.84. The minimum Gasteiger partial charge on any atom is -0.475 e. The molecule has 0 unspecified atom stereocenters. The minimum atomic E-state index is -1.42. The Labute approximate surface area is 58.9 Å². The number of rotatable bonds is 2. The normalized spacial score (nSPS) is 7.12. The monoisotopic (exact) mass is 152 g/mol. The predicted molar refractivity (Wildman–Crippen MR) is 34.1 cm³/mol. The summed E-state index contributed by atoms with van der Waals surface area (Å²) in [4.78, 5) is 19.4. The van der Waals surface area contributed by atoms with Gasteiger partial charge >= 0.3 is 5.97 Å². The smallest absolute Gasteiger partial charge is 0.373 e. The van der Waals surface area contributed by atoms with Gasteiger partial charge in [0.15, 0.2) is 0 Å². The highest BCUT2D eigenvalue weighted by Crippen LogP contribution is 1.75. The van der Waals surface area contributed by atoms with Crippen LogP contribution in [0.25, 0.3) is 0 Å². The number of carbonyl (C=O) groups excluding carboxylic acids is 1. The molecule has 0 spiro atoms. The summed E-state index contributed by atoms with van der Waals surface area (Å²) in [7, 11) is 0. The predicted octanol–water partition coefficient (Wildman–Crippen LogP) is 0.218. The number of hydrogen-bond donors (Lipinski definition) is 2. The third-order valence-electron chi connectivity index (χ3n) is 0.382. The number of hydrogen-bond acceptors (Lipinski definition) is 3. The average Bonchev–Trinajstić information content (AvgIpc) is 1.65. The summed E-state index contributed by atoms with van der Waals surface area (Å²) >= 11 is 3.42. The zero-order valence-electron chi connectivity index (χ0n) is 3.83. The van der Waals surface area contributed by atoms with Gasteiger partial charge in [-0.25, -0.2) is 4.79 Å². The fraction of sp³-hybridized carbons (Fsp3) is 0.333. The fourth-order valence-electron chi connectivity index (χ4n) is 0.0676. The Kier molecular flexibility index (Phi) is 6.70. The van der Waals surface area contributed by atoms with Gasteiger partial charge in [-0.05, 0) is 0 Å². The van der Waals surface area contributed by atoms with Crippen molar-refractivity contribution < 1.29 is 14.7 Å². The average molecular weight is 152 g/mol. The standard InChI is InChI=1S/C3H4O3S.S/c4-2(1-7)3(5)6;/h7H,1H2,(H,5,6);. The molecule has 5 heteroatoms. The number of Topliss-reactive ketones (excluding diaryl/α,β-unsaturated/α-hetero) is 1. The van der Waals surface area contributed by atoms with E-state index in [1.807, 2.05) is 0 Å². The number of carboxylic acid groups (broad SMARTS) is 1. The van der Waals surface area contributed by atoms with E-state index in [9.17, 15) is 9.59 Å². The summed E-state index contributed by atoms with van der Waals surface area (Å²) in [6, 6.07) is 0. The maximum Gasteiger partial charge on any atom is 0.373 e. The van der Waals surface area contributed by atoms with Crippen LogP contribution >= 0.6 is 26.1 Å². The molecule has 0 saturated heterocycles. The van der Waals surface area contributed by atoms with E-state index in [0.717, 1.165) is 0 Å². The molecule has 8 heavy (non-hydrogen) atoms. The highest BCUT2D eigenvalue weighted by molar-refractivity contribution is 7.81. The molecule has 0 amide bonds. The van der Waals surface area contributed by atoms with Crippen molar-refractivity contribution in [2.45, 2.75) is 0 Å². The fourth-order valence-corrected chi connectivity index (χ4v) is 0.203. The van der Waals surface area contributed by atoms with E-state index < -0.39 is 11.8 Å². The van der Waals surface area contributed by atoms with Gasteiger partial charge in [-0.1, -0.05) is 0 Å². The summed E-state index contributed by atoms with van der Waals surface area (Å²) in [6.07, 6.45) is 0. The number of ketones is 1. The van der Waals surface area contributed by atoms with Crippen LogP contribution in [0.5, 0.6) is 0 Å².